The molecule has 0 unspecified atom stereocenters. The molecule has 0 radical (unpaired) electrons. The second kappa shape index (κ2) is 8.31. The molecule has 1 aliphatic rings. The van der Waals surface area contributed by atoms with Crippen molar-refractivity contribution in [3.05, 3.63) is 65.4 Å². The summed E-state index contributed by atoms with van der Waals surface area (Å²) in [5.74, 6) is 0.154. The molecule has 27 heavy (non-hydrogen) atoms. The molecule has 0 aliphatic carbocycles. The largest absolute Gasteiger partial charge is 0.493 e. The van der Waals surface area contributed by atoms with Crippen LogP contribution in [0, 0.1) is 0 Å². The van der Waals surface area contributed by atoms with Crippen molar-refractivity contribution in [3.63, 3.8) is 0 Å². The van der Waals surface area contributed by atoms with Gasteiger partial charge >= 0.3 is 11.9 Å². The molecule has 0 bridgehead atoms. The third-order valence-corrected chi connectivity index (χ3v) is 3.81. The maximum atomic E-state index is 12.1. The first kappa shape index (κ1) is 18.4. The van der Waals surface area contributed by atoms with Crippen molar-refractivity contribution in [2.24, 2.45) is 4.99 Å². The van der Waals surface area contributed by atoms with Crippen molar-refractivity contribution < 1.29 is 23.8 Å². The number of benzene rings is 2. The van der Waals surface area contributed by atoms with Crippen LogP contribution in [0.3, 0.4) is 0 Å². The molecule has 1 heterocycles. The summed E-state index contributed by atoms with van der Waals surface area (Å²) in [6, 6.07) is 14.2. The smallest absolute Gasteiger partial charge is 0.363 e. The number of cyclic esters (lactones) is 1. The number of aliphatic imine (C=N–C) groups is 1. The summed E-state index contributed by atoms with van der Waals surface area (Å²) < 4.78 is 15.8. The molecule has 0 fully saturated rings. The van der Waals surface area contributed by atoms with E-state index in [2.05, 4.69) is 4.99 Å². The number of ether oxygens (including phenoxy) is 3. The average Bonchev–Trinajstić information content (AvgIpc) is 3.04. The highest BCUT2D eigenvalue weighted by Crippen LogP contribution is 2.30. The minimum Gasteiger partial charge on any atom is -0.493 e. The zero-order valence-electron chi connectivity index (χ0n) is 15.1. The van der Waals surface area contributed by atoms with Gasteiger partial charge in [-0.25, -0.2) is 9.79 Å². The molecule has 0 N–H and O–H groups in total. The lowest BCUT2D eigenvalue weighted by Crippen LogP contribution is -2.07. The molecule has 0 amide bonds. The standard InChI is InChI=1S/C21H19NO5/c1-3-7-19(23)26-17-11-10-14(13-18(17)25-2)12-16-21(24)27-20(22-16)15-8-5-4-6-9-15/h4-6,8-13H,3,7H2,1-2H3/b16-12+. The van der Waals surface area contributed by atoms with Crippen molar-refractivity contribution in [2.75, 3.05) is 7.11 Å². The highest BCUT2D eigenvalue weighted by atomic mass is 16.6. The molecular formula is C21H19NO5. The van der Waals surface area contributed by atoms with Gasteiger partial charge in [0.25, 0.3) is 0 Å². The Labute approximate surface area is 157 Å². The van der Waals surface area contributed by atoms with E-state index in [1.54, 1.807) is 24.3 Å². The number of hydrogen-bond donors (Lipinski definition) is 0. The zero-order chi connectivity index (χ0) is 19.2. The van der Waals surface area contributed by atoms with E-state index < -0.39 is 5.97 Å². The van der Waals surface area contributed by atoms with Crippen molar-refractivity contribution in [3.8, 4) is 11.5 Å². The van der Waals surface area contributed by atoms with Gasteiger partial charge in [0.15, 0.2) is 17.2 Å². The Bertz CT molecular complexity index is 915. The van der Waals surface area contributed by atoms with Gasteiger partial charge in [-0.3, -0.25) is 4.79 Å². The van der Waals surface area contributed by atoms with Gasteiger partial charge in [0, 0.05) is 12.0 Å². The van der Waals surface area contributed by atoms with Crippen LogP contribution in [-0.4, -0.2) is 24.9 Å². The molecule has 0 saturated carbocycles. The Hall–Kier alpha value is -3.41. The van der Waals surface area contributed by atoms with Gasteiger partial charge in [0.1, 0.15) is 0 Å². The molecule has 0 aromatic heterocycles. The Morgan fingerprint density at radius 3 is 2.63 bits per heavy atom. The van der Waals surface area contributed by atoms with Crippen LogP contribution in [0.1, 0.15) is 30.9 Å². The fourth-order valence-corrected chi connectivity index (χ4v) is 2.51. The third-order valence-electron chi connectivity index (χ3n) is 3.81. The lowest BCUT2D eigenvalue weighted by atomic mass is 10.1. The molecule has 0 spiro atoms. The number of hydrogen-bond acceptors (Lipinski definition) is 6. The Morgan fingerprint density at radius 2 is 1.93 bits per heavy atom. The van der Waals surface area contributed by atoms with Crippen LogP contribution in [0.25, 0.3) is 6.08 Å². The van der Waals surface area contributed by atoms with Gasteiger partial charge in [0.05, 0.1) is 7.11 Å². The van der Waals surface area contributed by atoms with Crippen LogP contribution in [0.15, 0.2) is 59.2 Å². The number of nitrogens with zero attached hydrogens (tertiary/aromatic N) is 1. The van der Waals surface area contributed by atoms with Crippen LogP contribution in [-0.2, 0) is 14.3 Å². The van der Waals surface area contributed by atoms with E-state index in [9.17, 15) is 9.59 Å². The van der Waals surface area contributed by atoms with Crippen molar-refractivity contribution in [1.29, 1.82) is 0 Å². The van der Waals surface area contributed by atoms with Crippen LogP contribution < -0.4 is 9.47 Å². The Morgan fingerprint density at radius 1 is 1.15 bits per heavy atom. The van der Waals surface area contributed by atoms with E-state index in [-0.39, 0.29) is 17.6 Å². The predicted octanol–water partition coefficient (Wildman–Crippen LogP) is 3.75. The summed E-state index contributed by atoms with van der Waals surface area (Å²) in [5.41, 5.74) is 1.59. The molecule has 3 rings (SSSR count). The first-order valence-corrected chi connectivity index (χ1v) is 8.57. The number of methoxy groups -OCH3 is 1. The topological polar surface area (TPSA) is 74.2 Å². The average molecular weight is 365 g/mol. The zero-order valence-corrected chi connectivity index (χ0v) is 15.1. The normalized spacial score (nSPS) is 14.7. The second-order valence-corrected chi connectivity index (χ2v) is 5.84. The minimum atomic E-state index is -0.522. The molecule has 1 aliphatic heterocycles. The molecule has 138 valence electrons. The number of esters is 2. The molecule has 6 heteroatoms. The molecule has 0 saturated heterocycles. The summed E-state index contributed by atoms with van der Waals surface area (Å²) >= 11 is 0. The summed E-state index contributed by atoms with van der Waals surface area (Å²) in [5, 5.41) is 0. The van der Waals surface area contributed by atoms with Gasteiger partial charge in [-0.2, -0.15) is 0 Å². The maximum Gasteiger partial charge on any atom is 0.363 e. The lowest BCUT2D eigenvalue weighted by Gasteiger charge is -2.09. The van der Waals surface area contributed by atoms with Gasteiger partial charge in [0.2, 0.25) is 5.90 Å². The maximum absolute atomic E-state index is 12.1. The van der Waals surface area contributed by atoms with Gasteiger partial charge in [-0.1, -0.05) is 31.2 Å². The molecular weight excluding hydrogens is 346 g/mol. The Balaban J connectivity index is 1.85. The second-order valence-electron chi connectivity index (χ2n) is 5.84. The Kier molecular flexibility index (Phi) is 5.66. The predicted molar refractivity (Wildman–Crippen MR) is 101 cm³/mol. The molecule has 2 aromatic rings. The van der Waals surface area contributed by atoms with Crippen LogP contribution in [0.4, 0.5) is 0 Å². The molecule has 2 aromatic carbocycles. The number of rotatable bonds is 6. The van der Waals surface area contributed by atoms with Crippen LogP contribution in [0.5, 0.6) is 11.5 Å². The fraction of sp³-hybridized carbons (Fsp3) is 0.190. The summed E-state index contributed by atoms with van der Waals surface area (Å²) in [6.07, 6.45) is 2.63. The third kappa shape index (κ3) is 4.41. The van der Waals surface area contributed by atoms with Crippen LogP contribution >= 0.6 is 0 Å². The lowest BCUT2D eigenvalue weighted by molar-refractivity contribution is -0.134. The number of carbonyl (C=O) groups is 2. The minimum absolute atomic E-state index is 0.187. The van der Waals surface area contributed by atoms with E-state index in [0.29, 0.717) is 29.9 Å². The quantitative estimate of drug-likeness (QED) is 0.443. The van der Waals surface area contributed by atoms with E-state index in [4.69, 9.17) is 14.2 Å². The fourth-order valence-electron chi connectivity index (χ4n) is 2.51. The van der Waals surface area contributed by atoms with E-state index >= 15 is 0 Å². The summed E-state index contributed by atoms with van der Waals surface area (Å²) in [6.45, 7) is 1.90. The highest BCUT2D eigenvalue weighted by Gasteiger charge is 2.24. The van der Waals surface area contributed by atoms with Gasteiger partial charge in [-0.15, -0.1) is 0 Å². The first-order valence-electron chi connectivity index (χ1n) is 8.57. The van der Waals surface area contributed by atoms with Crippen molar-refractivity contribution in [1.82, 2.24) is 0 Å². The number of carbonyl (C=O) groups excluding carboxylic acids is 2. The van der Waals surface area contributed by atoms with E-state index in [1.165, 1.54) is 7.11 Å². The highest BCUT2D eigenvalue weighted by molar-refractivity contribution is 6.12. The summed E-state index contributed by atoms with van der Waals surface area (Å²) in [4.78, 5) is 28.0. The van der Waals surface area contributed by atoms with E-state index in [0.717, 1.165) is 5.56 Å². The monoisotopic (exact) mass is 365 g/mol. The molecule has 6 nitrogen and oxygen atoms in total. The van der Waals surface area contributed by atoms with Crippen molar-refractivity contribution >= 4 is 23.9 Å². The SMILES string of the molecule is CCCC(=O)Oc1ccc(/C=C2/N=C(c3ccccc3)OC2=O)cc1OC. The molecule has 0 atom stereocenters. The van der Waals surface area contributed by atoms with Crippen LogP contribution in [0.2, 0.25) is 0 Å². The summed E-state index contributed by atoms with van der Waals surface area (Å²) in [7, 11) is 1.49. The van der Waals surface area contributed by atoms with Crippen molar-refractivity contribution in [2.45, 2.75) is 19.8 Å². The van der Waals surface area contributed by atoms with Gasteiger partial charge < -0.3 is 14.2 Å². The van der Waals surface area contributed by atoms with E-state index in [1.807, 2.05) is 37.3 Å². The van der Waals surface area contributed by atoms with Gasteiger partial charge in [-0.05, 0) is 42.3 Å². The first-order chi connectivity index (χ1) is 13.1.